The van der Waals surface area contributed by atoms with Crippen LogP contribution in [-0.4, -0.2) is 9.97 Å². The molecule has 0 spiro atoms. The van der Waals surface area contributed by atoms with Crippen LogP contribution in [0.25, 0.3) is 0 Å². The molecule has 2 rings (SSSR count). The predicted molar refractivity (Wildman–Crippen MR) is 81.6 cm³/mol. The molecule has 1 aromatic carbocycles. The molecule has 0 saturated heterocycles. The number of benzene rings is 1. The second-order valence-electron chi connectivity index (χ2n) is 3.17. The molecule has 0 radical (unpaired) electrons. The number of nitrogens with one attached hydrogen (secondary N) is 1. The molecule has 0 aliphatic heterocycles. The number of anilines is 3. The molecule has 0 aliphatic rings. The van der Waals surface area contributed by atoms with Crippen molar-refractivity contribution in [2.45, 2.75) is 0 Å². The Morgan fingerprint density at radius 1 is 1.35 bits per heavy atom. The topological polar surface area (TPSA) is 63.8 Å². The van der Waals surface area contributed by atoms with Gasteiger partial charge in [-0.1, -0.05) is 11.6 Å². The van der Waals surface area contributed by atoms with Crippen LogP contribution in [0.4, 0.5) is 17.3 Å². The molecule has 0 amide bonds. The Morgan fingerprint density at radius 2 is 2.12 bits per heavy atom. The third-order valence-electron chi connectivity index (χ3n) is 2.00. The van der Waals surface area contributed by atoms with Gasteiger partial charge in [0.1, 0.15) is 22.4 Å². The van der Waals surface area contributed by atoms with Crippen molar-refractivity contribution in [1.29, 1.82) is 0 Å². The van der Waals surface area contributed by atoms with E-state index in [0.717, 1.165) is 9.26 Å². The first-order valence-corrected chi connectivity index (χ1v) is 6.81. The molecular weight excluding hydrogens is 418 g/mol. The summed E-state index contributed by atoms with van der Waals surface area (Å²) < 4.78 is 1.64. The fourth-order valence-electron chi connectivity index (χ4n) is 1.19. The summed E-state index contributed by atoms with van der Waals surface area (Å²) in [6.45, 7) is 0. The van der Waals surface area contributed by atoms with Crippen LogP contribution in [0.5, 0.6) is 0 Å². The third kappa shape index (κ3) is 2.99. The second kappa shape index (κ2) is 5.36. The molecule has 0 saturated carbocycles. The summed E-state index contributed by atoms with van der Waals surface area (Å²) in [6.07, 6.45) is 1.41. The Kier molecular flexibility index (Phi) is 4.05. The molecular formula is C10H7BrClIN4. The van der Waals surface area contributed by atoms with Crippen molar-refractivity contribution in [1.82, 2.24) is 9.97 Å². The minimum atomic E-state index is 0.395. The maximum atomic E-state index is 5.89. The summed E-state index contributed by atoms with van der Waals surface area (Å²) in [6, 6.07) is 5.56. The monoisotopic (exact) mass is 424 g/mol. The molecule has 0 atom stereocenters. The van der Waals surface area contributed by atoms with E-state index >= 15 is 0 Å². The second-order valence-corrected chi connectivity index (χ2v) is 5.56. The van der Waals surface area contributed by atoms with E-state index in [1.54, 1.807) is 0 Å². The lowest BCUT2D eigenvalue weighted by atomic mass is 10.3. The van der Waals surface area contributed by atoms with Crippen molar-refractivity contribution in [3.05, 3.63) is 37.6 Å². The van der Waals surface area contributed by atoms with Gasteiger partial charge in [-0.15, -0.1) is 0 Å². The van der Waals surface area contributed by atoms with Gasteiger partial charge in [0.25, 0.3) is 0 Å². The number of hydrogen-bond acceptors (Lipinski definition) is 4. The molecule has 0 bridgehead atoms. The third-order valence-corrected chi connectivity index (χ3v) is 3.91. The molecule has 3 N–H and O–H groups in total. The van der Waals surface area contributed by atoms with Crippen molar-refractivity contribution in [3.8, 4) is 0 Å². The van der Waals surface area contributed by atoms with Gasteiger partial charge in [-0.3, -0.25) is 0 Å². The molecule has 4 nitrogen and oxygen atoms in total. The molecule has 0 fully saturated rings. The highest BCUT2D eigenvalue weighted by molar-refractivity contribution is 14.1. The van der Waals surface area contributed by atoms with Crippen LogP contribution in [-0.2, 0) is 0 Å². The van der Waals surface area contributed by atoms with E-state index in [1.165, 1.54) is 6.33 Å². The maximum Gasteiger partial charge on any atom is 0.150 e. The number of hydrogen-bond donors (Lipinski definition) is 2. The minimum absolute atomic E-state index is 0.395. The normalized spacial score (nSPS) is 10.3. The lowest BCUT2D eigenvalue weighted by molar-refractivity contribution is 1.16. The van der Waals surface area contributed by atoms with Gasteiger partial charge < -0.3 is 11.1 Å². The average Bonchev–Trinajstić information content (AvgIpc) is 2.28. The number of rotatable bonds is 2. The van der Waals surface area contributed by atoms with E-state index in [0.29, 0.717) is 21.1 Å². The van der Waals surface area contributed by atoms with Crippen LogP contribution >= 0.6 is 50.1 Å². The molecule has 88 valence electrons. The zero-order valence-electron chi connectivity index (χ0n) is 8.42. The predicted octanol–water partition coefficient (Wildman–Crippen LogP) is 3.82. The highest BCUT2D eigenvalue weighted by Gasteiger charge is 2.08. The average molecular weight is 425 g/mol. The highest BCUT2D eigenvalue weighted by atomic mass is 127. The summed E-state index contributed by atoms with van der Waals surface area (Å²) >= 11 is 11.4. The number of nitrogen functional groups attached to an aromatic ring is 1. The standard InChI is InChI=1S/C10H7BrClIN4/c11-8-9(14)15-4-16-10(8)17-7-2-1-5(12)3-6(7)13/h1-4H,(H3,14,15,16,17). The largest absolute Gasteiger partial charge is 0.383 e. The Balaban J connectivity index is 2.35. The van der Waals surface area contributed by atoms with Crippen molar-refractivity contribution >= 4 is 67.4 Å². The van der Waals surface area contributed by atoms with Crippen molar-refractivity contribution < 1.29 is 0 Å². The summed E-state index contributed by atoms with van der Waals surface area (Å²) in [7, 11) is 0. The molecule has 7 heteroatoms. The fourth-order valence-corrected chi connectivity index (χ4v) is 2.50. The molecule has 0 unspecified atom stereocenters. The van der Waals surface area contributed by atoms with Crippen LogP contribution in [0.2, 0.25) is 5.02 Å². The van der Waals surface area contributed by atoms with Crippen LogP contribution in [0.1, 0.15) is 0 Å². The van der Waals surface area contributed by atoms with E-state index in [-0.39, 0.29) is 0 Å². The van der Waals surface area contributed by atoms with Crippen molar-refractivity contribution in [2.75, 3.05) is 11.1 Å². The lowest BCUT2D eigenvalue weighted by Gasteiger charge is -2.10. The van der Waals surface area contributed by atoms with Crippen molar-refractivity contribution in [2.24, 2.45) is 0 Å². The molecule has 2 aromatic rings. The Morgan fingerprint density at radius 3 is 2.82 bits per heavy atom. The number of nitrogens with zero attached hydrogens (tertiary/aromatic N) is 2. The SMILES string of the molecule is Nc1ncnc(Nc2ccc(Cl)cc2I)c1Br. The fraction of sp³-hybridized carbons (Fsp3) is 0. The summed E-state index contributed by atoms with van der Waals surface area (Å²) in [4.78, 5) is 7.99. The van der Waals surface area contributed by atoms with Gasteiger partial charge in [0.2, 0.25) is 0 Å². The molecule has 17 heavy (non-hydrogen) atoms. The van der Waals surface area contributed by atoms with Gasteiger partial charge in [0.05, 0.1) is 5.69 Å². The quantitative estimate of drug-likeness (QED) is 0.718. The van der Waals surface area contributed by atoms with Gasteiger partial charge in [-0.25, -0.2) is 9.97 Å². The van der Waals surface area contributed by atoms with Gasteiger partial charge in [0.15, 0.2) is 0 Å². The van der Waals surface area contributed by atoms with Crippen LogP contribution in [0, 0.1) is 3.57 Å². The molecule has 1 aromatic heterocycles. The number of halogens is 3. The van der Waals surface area contributed by atoms with E-state index in [1.807, 2.05) is 18.2 Å². The maximum absolute atomic E-state index is 5.89. The number of nitrogens with two attached hydrogens (primary N) is 1. The first-order chi connectivity index (χ1) is 8.08. The van der Waals surface area contributed by atoms with Gasteiger partial charge in [0, 0.05) is 8.59 Å². The van der Waals surface area contributed by atoms with Gasteiger partial charge in [-0.2, -0.15) is 0 Å². The van der Waals surface area contributed by atoms with E-state index in [2.05, 4.69) is 53.8 Å². The van der Waals surface area contributed by atoms with Crippen LogP contribution in [0.15, 0.2) is 29.0 Å². The minimum Gasteiger partial charge on any atom is -0.383 e. The smallest absolute Gasteiger partial charge is 0.150 e. The first kappa shape index (κ1) is 12.8. The summed E-state index contributed by atoms with van der Waals surface area (Å²) in [5.41, 5.74) is 6.59. The molecule has 1 heterocycles. The Bertz CT molecular complexity index is 564. The zero-order valence-corrected chi connectivity index (χ0v) is 12.9. The first-order valence-electron chi connectivity index (χ1n) is 4.56. The van der Waals surface area contributed by atoms with E-state index in [4.69, 9.17) is 17.3 Å². The van der Waals surface area contributed by atoms with E-state index < -0.39 is 0 Å². The zero-order chi connectivity index (χ0) is 12.4. The van der Waals surface area contributed by atoms with Gasteiger partial charge >= 0.3 is 0 Å². The summed E-state index contributed by atoms with van der Waals surface area (Å²) in [5.74, 6) is 1.02. The lowest BCUT2D eigenvalue weighted by Crippen LogP contribution is -2.00. The van der Waals surface area contributed by atoms with Crippen LogP contribution in [0.3, 0.4) is 0 Å². The summed E-state index contributed by atoms with van der Waals surface area (Å²) in [5, 5.41) is 3.86. The molecule has 0 aliphatic carbocycles. The number of aromatic nitrogens is 2. The van der Waals surface area contributed by atoms with Crippen LogP contribution < -0.4 is 11.1 Å². The highest BCUT2D eigenvalue weighted by Crippen LogP contribution is 2.30. The van der Waals surface area contributed by atoms with E-state index in [9.17, 15) is 0 Å². The Hall–Kier alpha value is -0.600. The van der Waals surface area contributed by atoms with Gasteiger partial charge in [-0.05, 0) is 56.7 Å². The Labute approximate surface area is 125 Å². The van der Waals surface area contributed by atoms with Crippen molar-refractivity contribution in [3.63, 3.8) is 0 Å².